The summed E-state index contributed by atoms with van der Waals surface area (Å²) in [6.07, 6.45) is 0. The molecule has 0 bridgehead atoms. The van der Waals surface area contributed by atoms with Gasteiger partial charge in [0.2, 0.25) is 0 Å². The summed E-state index contributed by atoms with van der Waals surface area (Å²) in [5.74, 6) is 0.567. The predicted octanol–water partition coefficient (Wildman–Crippen LogP) is 2.87. The third kappa shape index (κ3) is 3.42. The Balaban J connectivity index is 2.29. The van der Waals surface area contributed by atoms with Gasteiger partial charge >= 0.3 is 0 Å². The quantitative estimate of drug-likeness (QED) is 0.845. The van der Waals surface area contributed by atoms with Crippen LogP contribution in [0.5, 0.6) is 0 Å². The zero-order valence-corrected chi connectivity index (χ0v) is 15.2. The Hall–Kier alpha value is -2.37. The molecule has 0 aliphatic carbocycles. The van der Waals surface area contributed by atoms with Crippen LogP contribution < -0.4 is 5.56 Å². The lowest BCUT2D eigenvalue weighted by Gasteiger charge is -2.18. The van der Waals surface area contributed by atoms with Crippen LogP contribution in [-0.4, -0.2) is 27.6 Å². The highest BCUT2D eigenvalue weighted by molar-refractivity contribution is 5.95. The molecular formula is C18H25N3O3. The van der Waals surface area contributed by atoms with Gasteiger partial charge in [-0.25, -0.2) is 0 Å². The first-order valence-corrected chi connectivity index (χ1v) is 8.18. The molecule has 0 aliphatic heterocycles. The molecule has 0 saturated heterocycles. The number of nitrogens with zero attached hydrogens (tertiary/aromatic N) is 3. The van der Waals surface area contributed by atoms with E-state index in [-0.39, 0.29) is 29.5 Å². The van der Waals surface area contributed by atoms with Gasteiger partial charge in [0.05, 0.1) is 12.2 Å². The van der Waals surface area contributed by atoms with E-state index in [9.17, 15) is 9.59 Å². The molecule has 130 valence electrons. The van der Waals surface area contributed by atoms with Gasteiger partial charge in [-0.05, 0) is 38.3 Å². The maximum atomic E-state index is 12.8. The summed E-state index contributed by atoms with van der Waals surface area (Å²) in [6.45, 7) is 10.4. The van der Waals surface area contributed by atoms with E-state index in [0.29, 0.717) is 17.9 Å². The van der Waals surface area contributed by atoms with Crippen LogP contribution >= 0.6 is 0 Å². The van der Waals surface area contributed by atoms with Crippen LogP contribution in [-0.2, 0) is 13.1 Å². The Morgan fingerprint density at radius 1 is 1.33 bits per heavy atom. The zero-order valence-electron chi connectivity index (χ0n) is 15.2. The van der Waals surface area contributed by atoms with Crippen molar-refractivity contribution < 1.29 is 9.32 Å². The minimum absolute atomic E-state index is 0.216. The summed E-state index contributed by atoms with van der Waals surface area (Å²) < 4.78 is 6.89. The molecule has 2 heterocycles. The molecule has 0 aromatic carbocycles. The smallest absolute Gasteiger partial charge is 0.263 e. The molecule has 0 saturated carbocycles. The van der Waals surface area contributed by atoms with Crippen molar-refractivity contribution >= 4 is 5.91 Å². The molecule has 6 nitrogen and oxygen atoms in total. The number of hydrogen-bond donors (Lipinski definition) is 0. The number of amides is 1. The van der Waals surface area contributed by atoms with Crippen molar-refractivity contribution in [3.05, 3.63) is 50.8 Å². The molecule has 0 radical (unpaired) electrons. The fourth-order valence-electron chi connectivity index (χ4n) is 2.75. The van der Waals surface area contributed by atoms with Gasteiger partial charge in [-0.3, -0.25) is 9.59 Å². The third-order valence-electron chi connectivity index (χ3n) is 4.14. The number of carbonyl (C=O) groups excluding carboxylic acids is 1. The molecule has 0 aliphatic rings. The van der Waals surface area contributed by atoms with Crippen molar-refractivity contribution in [2.75, 3.05) is 7.05 Å². The van der Waals surface area contributed by atoms with Crippen molar-refractivity contribution in [2.24, 2.45) is 0 Å². The standard InChI is InChI=1S/C18H25N3O3/c1-7-21-13(5)8-12(4)16(18(21)23)17(22)20(6)10-14-9-15(11(2)3)19-24-14/h8-9,11H,7,10H2,1-6H3. The predicted molar refractivity (Wildman–Crippen MR) is 92.2 cm³/mol. The maximum absolute atomic E-state index is 12.8. The Labute approximate surface area is 142 Å². The van der Waals surface area contributed by atoms with E-state index >= 15 is 0 Å². The molecule has 24 heavy (non-hydrogen) atoms. The number of rotatable bonds is 5. The summed E-state index contributed by atoms with van der Waals surface area (Å²) in [5, 5.41) is 4.00. The van der Waals surface area contributed by atoms with Crippen LogP contribution in [0.1, 0.15) is 59.8 Å². The van der Waals surface area contributed by atoms with Gasteiger partial charge < -0.3 is 14.0 Å². The molecule has 0 spiro atoms. The highest BCUT2D eigenvalue weighted by atomic mass is 16.5. The highest BCUT2D eigenvalue weighted by Crippen LogP contribution is 2.16. The minimum Gasteiger partial charge on any atom is -0.359 e. The van der Waals surface area contributed by atoms with Crippen LogP contribution in [0.3, 0.4) is 0 Å². The first-order valence-electron chi connectivity index (χ1n) is 8.18. The molecule has 2 aromatic rings. The van der Waals surface area contributed by atoms with Crippen molar-refractivity contribution in [1.29, 1.82) is 0 Å². The monoisotopic (exact) mass is 331 g/mol. The highest BCUT2D eigenvalue weighted by Gasteiger charge is 2.21. The Morgan fingerprint density at radius 3 is 2.54 bits per heavy atom. The van der Waals surface area contributed by atoms with Gasteiger partial charge in [0.25, 0.3) is 11.5 Å². The number of carbonyl (C=O) groups is 1. The lowest BCUT2D eigenvalue weighted by Crippen LogP contribution is -2.35. The lowest BCUT2D eigenvalue weighted by atomic mass is 10.1. The molecule has 2 rings (SSSR count). The topological polar surface area (TPSA) is 68.3 Å². The number of hydrogen-bond acceptors (Lipinski definition) is 4. The molecule has 0 atom stereocenters. The minimum atomic E-state index is -0.304. The summed E-state index contributed by atoms with van der Waals surface area (Å²) in [4.78, 5) is 26.9. The van der Waals surface area contributed by atoms with E-state index in [0.717, 1.165) is 11.4 Å². The van der Waals surface area contributed by atoms with Crippen LogP contribution in [0.4, 0.5) is 0 Å². The van der Waals surface area contributed by atoms with E-state index in [1.54, 1.807) is 18.5 Å². The maximum Gasteiger partial charge on any atom is 0.263 e. The van der Waals surface area contributed by atoms with Crippen molar-refractivity contribution in [1.82, 2.24) is 14.6 Å². The van der Waals surface area contributed by atoms with Crippen molar-refractivity contribution in [3.63, 3.8) is 0 Å². The van der Waals surface area contributed by atoms with Gasteiger partial charge in [0.15, 0.2) is 5.76 Å². The first kappa shape index (κ1) is 18.0. The van der Waals surface area contributed by atoms with Crippen LogP contribution in [0, 0.1) is 13.8 Å². The molecular weight excluding hydrogens is 306 g/mol. The fourth-order valence-corrected chi connectivity index (χ4v) is 2.75. The normalized spacial score (nSPS) is 11.1. The van der Waals surface area contributed by atoms with Gasteiger partial charge in [-0.2, -0.15) is 0 Å². The van der Waals surface area contributed by atoms with Gasteiger partial charge in [-0.15, -0.1) is 0 Å². The SMILES string of the molecule is CCn1c(C)cc(C)c(C(=O)N(C)Cc2cc(C(C)C)no2)c1=O. The molecule has 0 N–H and O–H groups in total. The molecule has 2 aromatic heterocycles. The summed E-state index contributed by atoms with van der Waals surface area (Å²) in [6, 6.07) is 3.72. The molecule has 0 fully saturated rings. The first-order chi connectivity index (χ1) is 11.3. The van der Waals surface area contributed by atoms with Crippen LogP contribution in [0.25, 0.3) is 0 Å². The number of pyridine rings is 1. The fraction of sp³-hybridized carbons (Fsp3) is 0.500. The zero-order chi connectivity index (χ0) is 18.0. The molecule has 1 amide bonds. The Bertz CT molecular complexity index is 802. The average molecular weight is 331 g/mol. The van der Waals surface area contributed by atoms with Crippen LogP contribution in [0.2, 0.25) is 0 Å². The van der Waals surface area contributed by atoms with E-state index in [1.165, 1.54) is 4.90 Å². The van der Waals surface area contributed by atoms with Crippen molar-refractivity contribution in [3.8, 4) is 0 Å². The largest absolute Gasteiger partial charge is 0.359 e. The second kappa shape index (κ2) is 7.03. The Kier molecular flexibility index (Phi) is 5.26. The number of aryl methyl sites for hydroxylation is 2. The summed E-state index contributed by atoms with van der Waals surface area (Å²) in [7, 11) is 1.66. The van der Waals surface area contributed by atoms with Gasteiger partial charge in [-0.1, -0.05) is 19.0 Å². The van der Waals surface area contributed by atoms with Gasteiger partial charge in [0, 0.05) is 25.4 Å². The average Bonchev–Trinajstić information content (AvgIpc) is 2.95. The van der Waals surface area contributed by atoms with Gasteiger partial charge in [0.1, 0.15) is 5.56 Å². The van der Waals surface area contributed by atoms with E-state index in [1.807, 2.05) is 39.8 Å². The van der Waals surface area contributed by atoms with Crippen molar-refractivity contribution in [2.45, 2.75) is 53.6 Å². The van der Waals surface area contributed by atoms with E-state index in [2.05, 4.69) is 5.16 Å². The summed E-state index contributed by atoms with van der Waals surface area (Å²) >= 11 is 0. The number of aromatic nitrogens is 2. The molecule has 6 heteroatoms. The van der Waals surface area contributed by atoms with Crippen LogP contribution in [0.15, 0.2) is 21.5 Å². The third-order valence-corrected chi connectivity index (χ3v) is 4.14. The van der Waals surface area contributed by atoms with E-state index in [4.69, 9.17) is 4.52 Å². The molecule has 0 unspecified atom stereocenters. The second-order valence-electron chi connectivity index (χ2n) is 6.43. The summed E-state index contributed by atoms with van der Waals surface area (Å²) in [5.41, 5.74) is 2.38. The van der Waals surface area contributed by atoms with E-state index < -0.39 is 0 Å². The Morgan fingerprint density at radius 2 is 2.00 bits per heavy atom. The lowest BCUT2D eigenvalue weighted by molar-refractivity contribution is 0.0769. The second-order valence-corrected chi connectivity index (χ2v) is 6.43.